The van der Waals surface area contributed by atoms with E-state index < -0.39 is 7.12 Å². The zero-order valence-electron chi connectivity index (χ0n) is 5.73. The zero-order valence-corrected chi connectivity index (χ0v) is 5.73. The van der Waals surface area contributed by atoms with Crippen LogP contribution in [-0.4, -0.2) is 22.2 Å². The molecule has 0 aliphatic heterocycles. The lowest BCUT2D eigenvalue weighted by molar-refractivity contribution is 0.424. The van der Waals surface area contributed by atoms with Crippen molar-refractivity contribution in [3.05, 3.63) is 23.9 Å². The van der Waals surface area contributed by atoms with Crippen molar-refractivity contribution in [3.63, 3.8) is 0 Å². The lowest BCUT2D eigenvalue weighted by atomic mass is 9.85. The lowest BCUT2D eigenvalue weighted by Gasteiger charge is -1.96. The number of terminal acetylenes is 1. The maximum absolute atomic E-state index is 8.67. The first kappa shape index (κ1) is 7.80. The molecule has 2 N–H and O–H groups in total. The molecule has 1 rings (SSSR count). The largest absolute Gasteiger partial charge is 0.508 e. The predicted octanol–water partition coefficient (Wildman–Crippen LogP) is -1.26. The van der Waals surface area contributed by atoms with Gasteiger partial charge in [-0.3, -0.25) is 4.98 Å². The summed E-state index contributed by atoms with van der Waals surface area (Å²) in [6.07, 6.45) is 6.51. The van der Waals surface area contributed by atoms with Gasteiger partial charge in [0.25, 0.3) is 0 Å². The minimum atomic E-state index is -1.55. The molecule has 0 atom stereocenters. The molecule has 0 radical (unpaired) electrons. The van der Waals surface area contributed by atoms with Crippen LogP contribution in [0.2, 0.25) is 0 Å². The number of hydrogen-bond acceptors (Lipinski definition) is 3. The van der Waals surface area contributed by atoms with Crippen molar-refractivity contribution in [2.75, 3.05) is 0 Å². The molecule has 1 aromatic rings. The van der Waals surface area contributed by atoms with Gasteiger partial charge in [-0.05, 0) is 12.1 Å². The summed E-state index contributed by atoms with van der Waals surface area (Å²) in [5.41, 5.74) is 0.753. The molecule has 0 aliphatic rings. The summed E-state index contributed by atoms with van der Waals surface area (Å²) in [5, 5.41) is 17.3. The Morgan fingerprint density at radius 2 is 2.27 bits per heavy atom. The van der Waals surface area contributed by atoms with Crippen LogP contribution in [-0.2, 0) is 0 Å². The maximum Gasteiger partial charge on any atom is 0.508 e. The molecule has 54 valence electrons. The van der Waals surface area contributed by atoms with E-state index in [9.17, 15) is 0 Å². The van der Waals surface area contributed by atoms with Gasteiger partial charge in [0.05, 0.1) is 5.59 Å². The van der Waals surface area contributed by atoms with Gasteiger partial charge in [-0.25, -0.2) is 0 Å². The molecule has 3 nitrogen and oxygen atoms in total. The molecule has 0 amide bonds. The molecule has 1 heterocycles. The molecule has 11 heavy (non-hydrogen) atoms. The van der Waals surface area contributed by atoms with E-state index in [1.54, 1.807) is 6.07 Å². The Bertz CT molecular complexity index is 293. The van der Waals surface area contributed by atoms with Crippen molar-refractivity contribution in [2.24, 2.45) is 0 Å². The van der Waals surface area contributed by atoms with E-state index in [0.717, 1.165) is 0 Å². The fourth-order valence-corrected chi connectivity index (χ4v) is 0.679. The molecular weight excluding hydrogens is 141 g/mol. The second-order valence-corrected chi connectivity index (χ2v) is 1.99. The van der Waals surface area contributed by atoms with Crippen LogP contribution in [0.4, 0.5) is 0 Å². The number of hydrogen-bond donors (Lipinski definition) is 2. The first-order valence-electron chi connectivity index (χ1n) is 3.02. The average Bonchev–Trinajstić information content (AvgIpc) is 2.05. The highest BCUT2D eigenvalue weighted by molar-refractivity contribution is 6.57. The summed E-state index contributed by atoms with van der Waals surface area (Å²) < 4.78 is 0. The van der Waals surface area contributed by atoms with Crippen molar-refractivity contribution in [1.29, 1.82) is 0 Å². The lowest BCUT2D eigenvalue weighted by Crippen LogP contribution is -2.32. The van der Waals surface area contributed by atoms with Crippen LogP contribution in [0.25, 0.3) is 0 Å². The Hall–Kier alpha value is -1.31. The van der Waals surface area contributed by atoms with Crippen LogP contribution in [0, 0.1) is 12.3 Å². The van der Waals surface area contributed by atoms with E-state index in [-0.39, 0.29) is 5.59 Å². The molecule has 0 bridgehead atoms. The van der Waals surface area contributed by atoms with Gasteiger partial charge in [0, 0.05) is 11.8 Å². The summed E-state index contributed by atoms with van der Waals surface area (Å²) in [6.45, 7) is 0. The fourth-order valence-electron chi connectivity index (χ4n) is 0.679. The molecular formula is C7H6BNO2. The number of nitrogens with zero attached hydrogens (tertiary/aromatic N) is 1. The Morgan fingerprint density at radius 1 is 1.55 bits per heavy atom. The van der Waals surface area contributed by atoms with Gasteiger partial charge in [0.2, 0.25) is 0 Å². The molecule has 4 heteroatoms. The van der Waals surface area contributed by atoms with E-state index in [1.807, 2.05) is 0 Å². The Labute approximate surface area is 64.9 Å². The van der Waals surface area contributed by atoms with Crippen LogP contribution < -0.4 is 5.59 Å². The standard InChI is InChI=1S/C7H6BNO2/c1-2-6-3-4-9-7(5-6)8(10)11/h1,3-5,10-11H. The minimum absolute atomic E-state index is 0.167. The first-order chi connectivity index (χ1) is 5.24. The summed E-state index contributed by atoms with van der Waals surface area (Å²) in [7, 11) is -1.55. The third kappa shape index (κ3) is 1.80. The van der Waals surface area contributed by atoms with E-state index in [2.05, 4.69) is 10.9 Å². The van der Waals surface area contributed by atoms with Crippen LogP contribution in [0.3, 0.4) is 0 Å². The summed E-state index contributed by atoms with van der Waals surface area (Å²) in [6, 6.07) is 3.07. The minimum Gasteiger partial charge on any atom is -0.422 e. The van der Waals surface area contributed by atoms with Crippen LogP contribution in [0.1, 0.15) is 5.56 Å². The van der Waals surface area contributed by atoms with Gasteiger partial charge in [-0.15, -0.1) is 6.42 Å². The molecule has 0 unspecified atom stereocenters. The van der Waals surface area contributed by atoms with Crippen molar-refractivity contribution in [1.82, 2.24) is 4.98 Å². The van der Waals surface area contributed by atoms with Crippen LogP contribution in [0.15, 0.2) is 18.3 Å². The maximum atomic E-state index is 8.67. The van der Waals surface area contributed by atoms with Gasteiger partial charge in [-0.1, -0.05) is 5.92 Å². The third-order valence-corrected chi connectivity index (χ3v) is 1.21. The molecule has 0 aromatic carbocycles. The van der Waals surface area contributed by atoms with Crippen molar-refractivity contribution >= 4 is 12.7 Å². The van der Waals surface area contributed by atoms with Gasteiger partial charge in [0.1, 0.15) is 0 Å². The molecule has 0 saturated carbocycles. The second-order valence-electron chi connectivity index (χ2n) is 1.99. The third-order valence-electron chi connectivity index (χ3n) is 1.21. The molecule has 0 saturated heterocycles. The SMILES string of the molecule is C#Cc1ccnc(B(O)O)c1. The van der Waals surface area contributed by atoms with E-state index in [0.29, 0.717) is 5.56 Å². The van der Waals surface area contributed by atoms with E-state index >= 15 is 0 Å². The van der Waals surface area contributed by atoms with Gasteiger partial charge < -0.3 is 10.0 Å². The Morgan fingerprint density at radius 3 is 2.82 bits per heavy atom. The highest BCUT2D eigenvalue weighted by atomic mass is 16.4. The molecule has 0 aliphatic carbocycles. The Balaban J connectivity index is 3.03. The normalized spacial score (nSPS) is 8.82. The highest BCUT2D eigenvalue weighted by Crippen LogP contribution is 1.90. The smallest absolute Gasteiger partial charge is 0.422 e. The number of aromatic nitrogens is 1. The topological polar surface area (TPSA) is 53.4 Å². The second kappa shape index (κ2) is 3.19. The van der Waals surface area contributed by atoms with Gasteiger partial charge >= 0.3 is 7.12 Å². The number of rotatable bonds is 1. The van der Waals surface area contributed by atoms with Crippen LogP contribution in [0.5, 0.6) is 0 Å². The van der Waals surface area contributed by atoms with E-state index in [1.165, 1.54) is 12.3 Å². The average molecular weight is 147 g/mol. The molecule has 0 spiro atoms. The first-order valence-corrected chi connectivity index (χ1v) is 3.02. The predicted molar refractivity (Wildman–Crippen MR) is 42.0 cm³/mol. The van der Waals surface area contributed by atoms with Crippen molar-refractivity contribution in [3.8, 4) is 12.3 Å². The van der Waals surface area contributed by atoms with E-state index in [4.69, 9.17) is 16.5 Å². The summed E-state index contributed by atoms with van der Waals surface area (Å²) >= 11 is 0. The van der Waals surface area contributed by atoms with Crippen LogP contribution >= 0.6 is 0 Å². The number of pyridine rings is 1. The highest BCUT2D eigenvalue weighted by Gasteiger charge is 2.11. The van der Waals surface area contributed by atoms with Crippen molar-refractivity contribution < 1.29 is 10.0 Å². The van der Waals surface area contributed by atoms with Gasteiger partial charge in [0.15, 0.2) is 0 Å². The fraction of sp³-hybridized carbons (Fsp3) is 0. The van der Waals surface area contributed by atoms with Gasteiger partial charge in [-0.2, -0.15) is 0 Å². The quantitative estimate of drug-likeness (QED) is 0.385. The zero-order chi connectivity index (χ0) is 8.27. The molecule has 0 fully saturated rings. The monoisotopic (exact) mass is 147 g/mol. The summed E-state index contributed by atoms with van der Waals surface area (Å²) in [4.78, 5) is 3.69. The Kier molecular flexibility index (Phi) is 2.26. The summed E-state index contributed by atoms with van der Waals surface area (Å²) in [5.74, 6) is 2.36. The molecule has 1 aromatic heterocycles. The van der Waals surface area contributed by atoms with Crippen molar-refractivity contribution in [2.45, 2.75) is 0 Å².